The molecule has 1 N–H and O–H groups in total. The van der Waals surface area contributed by atoms with Gasteiger partial charge in [0.25, 0.3) is 0 Å². The highest BCUT2D eigenvalue weighted by Gasteiger charge is 2.42. The predicted molar refractivity (Wildman–Crippen MR) is 85.8 cm³/mol. The number of hydrogen-bond donors (Lipinski definition) is 1. The summed E-state index contributed by atoms with van der Waals surface area (Å²) in [5.41, 5.74) is 0.278. The maximum atomic E-state index is 11.6. The molecule has 1 aliphatic heterocycles. The Balaban J connectivity index is 2.11. The lowest BCUT2D eigenvalue weighted by atomic mass is 9.65. The quantitative estimate of drug-likeness (QED) is 0.865. The van der Waals surface area contributed by atoms with Crippen molar-refractivity contribution in [3.8, 4) is 0 Å². The lowest BCUT2D eigenvalue weighted by Crippen LogP contribution is -2.53. The summed E-state index contributed by atoms with van der Waals surface area (Å²) < 4.78 is 11.5. The summed E-state index contributed by atoms with van der Waals surface area (Å²) in [5.74, 6) is 1.09. The summed E-state index contributed by atoms with van der Waals surface area (Å²) in [5, 5.41) is 9.55. The molecule has 2 aliphatic rings. The normalized spacial score (nSPS) is 33.0. The Morgan fingerprint density at radius 2 is 1.90 bits per heavy atom. The summed E-state index contributed by atoms with van der Waals surface area (Å²) in [4.78, 5) is 13.9. The minimum atomic E-state index is -0.704. The van der Waals surface area contributed by atoms with Crippen molar-refractivity contribution < 1.29 is 14.1 Å². The molecule has 4 nitrogen and oxygen atoms in total. The zero-order chi connectivity index (χ0) is 15.6. The molecule has 2 rings (SSSR count). The summed E-state index contributed by atoms with van der Waals surface area (Å²) in [7, 11) is -0.704. The molecule has 122 valence electrons. The van der Waals surface area contributed by atoms with Gasteiger partial charge in [0.1, 0.15) is 0 Å². The first-order valence-corrected chi connectivity index (χ1v) is 9.65. The van der Waals surface area contributed by atoms with E-state index in [2.05, 4.69) is 25.7 Å². The standard InChI is InChI=1S/C16H29NO3S/c1-4-16(2,3)12-5-6-13(15(18)19)14(11-12)17-7-9-21(20)10-8-17/h12-14H,4-11H2,1-3H3,(H,18,19). The minimum absolute atomic E-state index is 0.129. The van der Waals surface area contributed by atoms with Crippen LogP contribution in [0.5, 0.6) is 0 Å². The van der Waals surface area contributed by atoms with E-state index in [1.165, 1.54) is 0 Å². The molecule has 0 aromatic rings. The van der Waals surface area contributed by atoms with Crippen molar-refractivity contribution in [2.24, 2.45) is 17.3 Å². The lowest BCUT2D eigenvalue weighted by Gasteiger charge is -2.46. The fourth-order valence-corrected chi connectivity index (χ4v) is 4.90. The van der Waals surface area contributed by atoms with E-state index in [1.54, 1.807) is 0 Å². The van der Waals surface area contributed by atoms with Crippen LogP contribution in [0.1, 0.15) is 46.5 Å². The average molecular weight is 315 g/mol. The van der Waals surface area contributed by atoms with Gasteiger partial charge in [-0.05, 0) is 30.6 Å². The SMILES string of the molecule is CCC(C)(C)C1CCC(C(=O)O)C(N2CCS(=O)CC2)C1. The van der Waals surface area contributed by atoms with Gasteiger partial charge in [0.15, 0.2) is 0 Å². The first-order valence-electron chi connectivity index (χ1n) is 8.17. The summed E-state index contributed by atoms with van der Waals surface area (Å²) in [6.45, 7) is 8.42. The zero-order valence-electron chi connectivity index (χ0n) is 13.5. The van der Waals surface area contributed by atoms with Crippen LogP contribution in [0.2, 0.25) is 0 Å². The molecule has 5 heteroatoms. The van der Waals surface area contributed by atoms with Crippen LogP contribution in [0.15, 0.2) is 0 Å². The maximum Gasteiger partial charge on any atom is 0.308 e. The van der Waals surface area contributed by atoms with Crippen molar-refractivity contribution in [3.63, 3.8) is 0 Å². The first-order chi connectivity index (χ1) is 9.85. The molecule has 21 heavy (non-hydrogen) atoms. The molecule has 0 bridgehead atoms. The van der Waals surface area contributed by atoms with Gasteiger partial charge < -0.3 is 5.11 Å². The molecule has 1 heterocycles. The smallest absolute Gasteiger partial charge is 0.308 e. The van der Waals surface area contributed by atoms with Crippen molar-refractivity contribution in [1.82, 2.24) is 4.90 Å². The fraction of sp³-hybridized carbons (Fsp3) is 0.938. The number of aliphatic carboxylic acids is 1. The molecule has 1 saturated carbocycles. The number of carboxylic acid groups (broad SMARTS) is 1. The van der Waals surface area contributed by atoms with Crippen molar-refractivity contribution in [3.05, 3.63) is 0 Å². The minimum Gasteiger partial charge on any atom is -0.481 e. The van der Waals surface area contributed by atoms with Crippen LogP contribution in [-0.2, 0) is 15.6 Å². The number of carboxylic acids is 1. The third kappa shape index (κ3) is 3.86. The van der Waals surface area contributed by atoms with E-state index in [0.29, 0.717) is 17.4 Å². The molecule has 1 aliphatic carbocycles. The highest BCUT2D eigenvalue weighted by molar-refractivity contribution is 7.85. The molecule has 0 aromatic carbocycles. The Kier molecular flexibility index (Phi) is 5.47. The van der Waals surface area contributed by atoms with Gasteiger partial charge in [0.2, 0.25) is 0 Å². The lowest BCUT2D eigenvalue weighted by molar-refractivity contribution is -0.147. The van der Waals surface area contributed by atoms with Crippen LogP contribution in [0.25, 0.3) is 0 Å². The van der Waals surface area contributed by atoms with Crippen LogP contribution in [0.3, 0.4) is 0 Å². The highest BCUT2D eigenvalue weighted by atomic mass is 32.2. The van der Waals surface area contributed by atoms with Gasteiger partial charge in [0, 0.05) is 41.4 Å². The predicted octanol–water partition coefficient (Wildman–Crippen LogP) is 2.36. The van der Waals surface area contributed by atoms with E-state index in [9.17, 15) is 14.1 Å². The van der Waals surface area contributed by atoms with Gasteiger partial charge in [-0.25, -0.2) is 0 Å². The Labute approximate surface area is 130 Å². The highest BCUT2D eigenvalue weighted by Crippen LogP contribution is 2.43. The van der Waals surface area contributed by atoms with E-state index in [1.807, 2.05) is 0 Å². The Bertz CT molecular complexity index is 400. The summed E-state index contributed by atoms with van der Waals surface area (Å²) in [6.07, 6.45) is 3.92. The Morgan fingerprint density at radius 1 is 1.29 bits per heavy atom. The van der Waals surface area contributed by atoms with Crippen molar-refractivity contribution in [2.75, 3.05) is 24.6 Å². The first kappa shape index (κ1) is 16.9. The summed E-state index contributed by atoms with van der Waals surface area (Å²) >= 11 is 0. The second-order valence-electron chi connectivity index (χ2n) is 7.25. The molecule has 3 unspecified atom stereocenters. The van der Waals surface area contributed by atoms with Gasteiger partial charge in [-0.15, -0.1) is 0 Å². The molecular weight excluding hydrogens is 286 g/mol. The fourth-order valence-electron chi connectivity index (χ4n) is 3.82. The topological polar surface area (TPSA) is 57.6 Å². The average Bonchev–Trinajstić information content (AvgIpc) is 2.47. The molecule has 1 saturated heterocycles. The number of rotatable bonds is 4. The maximum absolute atomic E-state index is 11.6. The molecule has 2 fully saturated rings. The largest absolute Gasteiger partial charge is 0.481 e. The van der Waals surface area contributed by atoms with E-state index >= 15 is 0 Å². The van der Waals surface area contributed by atoms with Gasteiger partial charge in [-0.1, -0.05) is 27.2 Å². The van der Waals surface area contributed by atoms with E-state index in [4.69, 9.17) is 0 Å². The van der Waals surface area contributed by atoms with Crippen LogP contribution < -0.4 is 0 Å². The van der Waals surface area contributed by atoms with Crippen molar-refractivity contribution >= 4 is 16.8 Å². The molecule has 0 aromatic heterocycles. The third-order valence-electron chi connectivity index (χ3n) is 5.83. The molecule has 0 amide bonds. The van der Waals surface area contributed by atoms with Crippen molar-refractivity contribution in [1.29, 1.82) is 0 Å². The van der Waals surface area contributed by atoms with Crippen LogP contribution >= 0.6 is 0 Å². The number of nitrogens with zero attached hydrogens (tertiary/aromatic N) is 1. The molecular formula is C16H29NO3S. The van der Waals surface area contributed by atoms with Gasteiger partial charge in [-0.3, -0.25) is 13.9 Å². The molecule has 3 atom stereocenters. The summed E-state index contributed by atoms with van der Waals surface area (Å²) in [6, 6.07) is 0.129. The van der Waals surface area contributed by atoms with Crippen LogP contribution in [0.4, 0.5) is 0 Å². The number of carbonyl (C=O) groups is 1. The Morgan fingerprint density at radius 3 is 2.43 bits per heavy atom. The van der Waals surface area contributed by atoms with E-state index in [-0.39, 0.29) is 17.4 Å². The molecule has 0 spiro atoms. The second kappa shape index (κ2) is 6.78. The van der Waals surface area contributed by atoms with Gasteiger partial charge >= 0.3 is 5.97 Å². The van der Waals surface area contributed by atoms with Gasteiger partial charge in [-0.2, -0.15) is 0 Å². The zero-order valence-corrected chi connectivity index (χ0v) is 14.3. The van der Waals surface area contributed by atoms with Crippen molar-refractivity contribution in [2.45, 2.75) is 52.5 Å². The molecule has 0 radical (unpaired) electrons. The van der Waals surface area contributed by atoms with Gasteiger partial charge in [0.05, 0.1) is 5.92 Å². The van der Waals surface area contributed by atoms with Crippen LogP contribution in [-0.4, -0.2) is 50.8 Å². The van der Waals surface area contributed by atoms with Crippen LogP contribution in [0, 0.1) is 17.3 Å². The Hall–Kier alpha value is -0.420. The van der Waals surface area contributed by atoms with E-state index < -0.39 is 16.8 Å². The number of hydrogen-bond acceptors (Lipinski definition) is 3. The monoisotopic (exact) mass is 315 g/mol. The second-order valence-corrected chi connectivity index (χ2v) is 8.94. The third-order valence-corrected chi connectivity index (χ3v) is 7.11. The van der Waals surface area contributed by atoms with E-state index in [0.717, 1.165) is 38.8 Å².